The predicted molar refractivity (Wildman–Crippen MR) is 152 cm³/mol. The second-order valence-corrected chi connectivity index (χ2v) is 15.1. The SMILES string of the molecule is CCOP1(=O)N=C([N+]2(CCC(C)(C)C)C=C(c3cccs3)C(O)=CC2=O)Nc2ccc(NS(C)(=O)=O)cc21. The number of rotatable bonds is 7. The monoisotopic (exact) mass is 579 g/mol. The van der Waals surface area contributed by atoms with Crippen molar-refractivity contribution in [1.82, 2.24) is 0 Å². The van der Waals surface area contributed by atoms with E-state index in [2.05, 4.69) is 35.6 Å². The lowest BCUT2D eigenvalue weighted by Crippen LogP contribution is -2.58. The lowest BCUT2D eigenvalue weighted by molar-refractivity contribution is -0.706. The highest BCUT2D eigenvalue weighted by molar-refractivity contribution is 7.92. The van der Waals surface area contributed by atoms with Crippen LogP contribution in [-0.4, -0.2) is 49.3 Å². The minimum absolute atomic E-state index is 0.0736. The molecule has 10 nitrogen and oxygen atoms in total. The van der Waals surface area contributed by atoms with E-state index in [-0.39, 0.29) is 41.3 Å². The molecule has 2 unspecified atom stereocenters. The van der Waals surface area contributed by atoms with Gasteiger partial charge in [-0.05, 0) is 42.0 Å². The molecule has 1 aromatic heterocycles. The van der Waals surface area contributed by atoms with Crippen molar-refractivity contribution in [2.45, 2.75) is 34.1 Å². The van der Waals surface area contributed by atoms with Crippen molar-refractivity contribution >= 4 is 63.0 Å². The summed E-state index contributed by atoms with van der Waals surface area (Å²) in [5, 5.41) is 16.0. The molecule has 1 aromatic carbocycles. The molecule has 0 saturated carbocycles. The average molecular weight is 580 g/mol. The van der Waals surface area contributed by atoms with Crippen molar-refractivity contribution in [2.24, 2.45) is 10.2 Å². The Balaban J connectivity index is 1.91. The number of sulfonamides is 1. The average Bonchev–Trinajstić information content (AvgIpc) is 3.32. The number of allylic oxidation sites excluding steroid dienone is 1. The van der Waals surface area contributed by atoms with Gasteiger partial charge in [-0.1, -0.05) is 26.8 Å². The summed E-state index contributed by atoms with van der Waals surface area (Å²) in [6, 6.07) is 8.24. The zero-order valence-corrected chi connectivity index (χ0v) is 24.4. The van der Waals surface area contributed by atoms with Crippen LogP contribution in [-0.2, 0) is 23.9 Å². The number of hydrogen-bond donors (Lipinski definition) is 3. The third-order valence-electron chi connectivity index (χ3n) is 6.04. The van der Waals surface area contributed by atoms with Crippen molar-refractivity contribution in [1.29, 1.82) is 0 Å². The number of fused-ring (bicyclic) bond motifs is 1. The number of anilines is 2. The van der Waals surface area contributed by atoms with Crippen LogP contribution in [0.3, 0.4) is 0 Å². The number of guanidine groups is 1. The molecule has 0 aliphatic carbocycles. The van der Waals surface area contributed by atoms with Crippen LogP contribution in [0.1, 0.15) is 39.0 Å². The summed E-state index contributed by atoms with van der Waals surface area (Å²) in [4.78, 5) is 14.5. The Morgan fingerprint density at radius 2 is 2.00 bits per heavy atom. The van der Waals surface area contributed by atoms with E-state index in [1.165, 1.54) is 29.5 Å². The number of aliphatic hydroxyl groups excluding tert-OH is 1. The molecule has 204 valence electrons. The van der Waals surface area contributed by atoms with E-state index < -0.39 is 27.9 Å². The van der Waals surface area contributed by atoms with E-state index in [9.17, 15) is 22.9 Å². The molecule has 2 aliphatic rings. The maximum absolute atomic E-state index is 14.2. The molecule has 0 spiro atoms. The highest BCUT2D eigenvalue weighted by Crippen LogP contribution is 2.53. The molecular formula is C25H32N4O6PS2+. The fourth-order valence-electron chi connectivity index (χ4n) is 4.17. The molecule has 2 atom stereocenters. The molecule has 0 bridgehead atoms. The van der Waals surface area contributed by atoms with Gasteiger partial charge in [0.1, 0.15) is 12.0 Å². The molecule has 0 radical (unpaired) electrons. The maximum atomic E-state index is 14.2. The molecule has 1 amide bonds. The summed E-state index contributed by atoms with van der Waals surface area (Å²) in [6.45, 7) is 8.21. The van der Waals surface area contributed by atoms with Gasteiger partial charge in [0.05, 0.1) is 42.0 Å². The topological polar surface area (TPSA) is 134 Å². The molecule has 2 aliphatic heterocycles. The number of aliphatic hydroxyl groups is 1. The van der Waals surface area contributed by atoms with E-state index in [4.69, 9.17) is 4.52 Å². The van der Waals surface area contributed by atoms with Gasteiger partial charge in [0.15, 0.2) is 0 Å². The number of quaternary nitrogens is 1. The third-order valence-corrected chi connectivity index (χ3v) is 9.59. The number of benzene rings is 1. The van der Waals surface area contributed by atoms with Gasteiger partial charge in [-0.15, -0.1) is 16.1 Å². The van der Waals surface area contributed by atoms with E-state index in [0.29, 0.717) is 17.7 Å². The third kappa shape index (κ3) is 5.79. The molecule has 3 N–H and O–H groups in total. The van der Waals surface area contributed by atoms with Crippen molar-refractivity contribution in [2.75, 3.05) is 29.4 Å². The largest absolute Gasteiger partial charge is 0.507 e. The highest BCUT2D eigenvalue weighted by atomic mass is 32.2. The summed E-state index contributed by atoms with van der Waals surface area (Å²) >= 11 is 1.42. The van der Waals surface area contributed by atoms with Gasteiger partial charge in [-0.3, -0.25) is 14.6 Å². The van der Waals surface area contributed by atoms with Gasteiger partial charge in [0.25, 0.3) is 0 Å². The number of amides is 1. The first-order valence-corrected chi connectivity index (χ1v) is 16.4. The smallest absolute Gasteiger partial charge is 0.354 e. The van der Waals surface area contributed by atoms with Crippen LogP contribution in [0.2, 0.25) is 0 Å². The van der Waals surface area contributed by atoms with Crippen molar-refractivity contribution in [3.63, 3.8) is 0 Å². The van der Waals surface area contributed by atoms with Crippen LogP contribution >= 0.6 is 18.9 Å². The number of hydrogen-bond acceptors (Lipinski definition) is 8. The van der Waals surface area contributed by atoms with Gasteiger partial charge in [0.2, 0.25) is 10.0 Å². The van der Waals surface area contributed by atoms with Crippen LogP contribution in [0.5, 0.6) is 0 Å². The Labute approximate surface area is 226 Å². The second kappa shape index (κ2) is 10.1. The predicted octanol–water partition coefficient (Wildman–Crippen LogP) is 5.03. The lowest BCUT2D eigenvalue weighted by atomic mass is 9.91. The second-order valence-electron chi connectivity index (χ2n) is 10.4. The molecule has 3 heterocycles. The number of carbonyl (C=O) groups is 1. The number of nitrogens with one attached hydrogen (secondary N) is 2. The first-order valence-electron chi connectivity index (χ1n) is 12.0. The van der Waals surface area contributed by atoms with E-state index >= 15 is 0 Å². The van der Waals surface area contributed by atoms with Gasteiger partial charge < -0.3 is 9.63 Å². The lowest BCUT2D eigenvalue weighted by Gasteiger charge is -2.38. The summed E-state index contributed by atoms with van der Waals surface area (Å²) in [7, 11) is -7.51. The van der Waals surface area contributed by atoms with Crippen molar-refractivity contribution in [3.8, 4) is 0 Å². The summed E-state index contributed by atoms with van der Waals surface area (Å²) in [5.41, 5.74) is 0.929. The molecule has 0 fully saturated rings. The quantitative estimate of drug-likeness (QED) is 0.309. The standard InChI is InChI=1S/C25H31N4O6PS2/c1-6-35-36(32)21-14-17(28-38(5,33)34)9-10-19(21)26-24(27-36)29(12-11-25(2,3)4)16-18(20(30)15-23(29)31)22-8-7-13-37-22/h7-10,13-16,28H,6,11-12H2,1-5H3,(H-,26,27,30,31,32)/p+1. The van der Waals surface area contributed by atoms with Crippen LogP contribution in [0, 0.1) is 5.41 Å². The van der Waals surface area contributed by atoms with E-state index in [1.54, 1.807) is 19.2 Å². The summed E-state index contributed by atoms with van der Waals surface area (Å²) in [5.74, 6) is -0.492. The van der Waals surface area contributed by atoms with Gasteiger partial charge >= 0.3 is 19.4 Å². The van der Waals surface area contributed by atoms with Crippen LogP contribution in [0.15, 0.2) is 58.5 Å². The van der Waals surface area contributed by atoms with Crippen molar-refractivity contribution < 1.29 is 31.9 Å². The zero-order valence-electron chi connectivity index (χ0n) is 21.9. The molecule has 13 heteroatoms. The Hall–Kier alpha value is -2.76. The molecular weight excluding hydrogens is 547 g/mol. The van der Waals surface area contributed by atoms with Crippen LogP contribution < -0.4 is 15.3 Å². The number of thiophene rings is 1. The number of nitrogens with zero attached hydrogens (tertiary/aromatic N) is 2. The first kappa shape index (κ1) is 28.3. The molecule has 0 saturated heterocycles. The van der Waals surface area contributed by atoms with Crippen LogP contribution in [0.4, 0.5) is 11.4 Å². The van der Waals surface area contributed by atoms with Gasteiger partial charge in [-0.25, -0.2) is 13.2 Å². The highest BCUT2D eigenvalue weighted by Gasteiger charge is 2.49. The normalized spacial score (nSPS) is 23.6. The van der Waals surface area contributed by atoms with Crippen molar-refractivity contribution in [3.05, 3.63) is 58.6 Å². The van der Waals surface area contributed by atoms with E-state index in [0.717, 1.165) is 11.1 Å². The Kier molecular flexibility index (Phi) is 7.50. The molecule has 2 aromatic rings. The summed E-state index contributed by atoms with van der Waals surface area (Å²) in [6.07, 6.45) is 4.46. The maximum Gasteiger partial charge on any atom is 0.354 e. The fraction of sp³-hybridized carbons (Fsp3) is 0.360. The van der Waals surface area contributed by atoms with Gasteiger partial charge in [-0.2, -0.15) is 4.48 Å². The molecule has 38 heavy (non-hydrogen) atoms. The Morgan fingerprint density at radius 1 is 1.26 bits per heavy atom. The number of carbonyl (C=O) groups excluding carboxylic acids is 1. The van der Waals surface area contributed by atoms with E-state index in [1.807, 2.05) is 17.5 Å². The summed E-state index contributed by atoms with van der Waals surface area (Å²) < 4.78 is 49.9. The Morgan fingerprint density at radius 3 is 2.61 bits per heavy atom. The fourth-order valence-corrected chi connectivity index (χ4v) is 7.32. The van der Waals surface area contributed by atoms with Gasteiger partial charge in [0, 0.05) is 17.0 Å². The Bertz CT molecular complexity index is 1510. The zero-order chi connectivity index (χ0) is 27.9. The first-order chi connectivity index (χ1) is 17.7. The minimum Gasteiger partial charge on any atom is -0.507 e. The molecule has 4 rings (SSSR count). The van der Waals surface area contributed by atoms with Crippen LogP contribution in [0.25, 0.3) is 5.57 Å². The minimum atomic E-state index is -3.93.